The van der Waals surface area contributed by atoms with Crippen molar-refractivity contribution in [3.05, 3.63) is 23.5 Å². The summed E-state index contributed by atoms with van der Waals surface area (Å²) in [5, 5.41) is 8.51. The van der Waals surface area contributed by atoms with Crippen LogP contribution in [0, 0.1) is 6.92 Å². The molecule has 0 radical (unpaired) electrons. The molecule has 0 saturated heterocycles. The van der Waals surface area contributed by atoms with Gasteiger partial charge in [-0.15, -0.1) is 0 Å². The van der Waals surface area contributed by atoms with Gasteiger partial charge in [-0.2, -0.15) is 0 Å². The molecule has 0 aliphatic rings. The van der Waals surface area contributed by atoms with E-state index in [-0.39, 0.29) is 6.42 Å². The van der Waals surface area contributed by atoms with E-state index in [9.17, 15) is 4.79 Å². The molecule has 0 atom stereocenters. The number of carbonyl (C=O) groups is 1. The van der Waals surface area contributed by atoms with E-state index in [4.69, 9.17) is 9.84 Å². The first kappa shape index (κ1) is 10.5. The summed E-state index contributed by atoms with van der Waals surface area (Å²) in [6, 6.07) is 3.57. The van der Waals surface area contributed by atoms with E-state index in [0.29, 0.717) is 6.42 Å². The van der Waals surface area contributed by atoms with E-state index in [0.717, 1.165) is 17.1 Å². The lowest BCUT2D eigenvalue weighted by Crippen LogP contribution is -2.00. The molecule has 0 fully saturated rings. The summed E-state index contributed by atoms with van der Waals surface area (Å²) in [5.74, 6) is -0.0924. The van der Waals surface area contributed by atoms with Crippen molar-refractivity contribution >= 4 is 5.97 Å². The highest BCUT2D eigenvalue weighted by atomic mass is 16.5. The monoisotopic (exact) mass is 195 g/mol. The second-order valence-corrected chi connectivity index (χ2v) is 3.03. The third-order valence-electron chi connectivity index (χ3n) is 1.81. The maximum atomic E-state index is 10.4. The normalized spacial score (nSPS) is 9.86. The number of carboxylic acids is 1. The maximum Gasteiger partial charge on any atom is 0.303 e. The number of hydrogen-bond donors (Lipinski definition) is 1. The van der Waals surface area contributed by atoms with Crippen LogP contribution >= 0.6 is 0 Å². The predicted molar refractivity (Wildman–Crippen MR) is 51.5 cm³/mol. The van der Waals surface area contributed by atoms with Gasteiger partial charge in [0.1, 0.15) is 5.75 Å². The molecule has 0 aliphatic carbocycles. The van der Waals surface area contributed by atoms with E-state index in [1.807, 2.05) is 13.0 Å². The van der Waals surface area contributed by atoms with Crippen molar-refractivity contribution in [2.75, 3.05) is 7.11 Å². The molecule has 0 aliphatic heterocycles. The van der Waals surface area contributed by atoms with E-state index in [2.05, 4.69) is 4.98 Å². The molecular formula is C10H13NO3. The molecule has 0 amide bonds. The highest BCUT2D eigenvalue weighted by molar-refractivity contribution is 5.67. The van der Waals surface area contributed by atoms with E-state index in [1.54, 1.807) is 13.2 Å². The second kappa shape index (κ2) is 4.60. The molecule has 1 heterocycles. The van der Waals surface area contributed by atoms with Crippen molar-refractivity contribution in [1.29, 1.82) is 0 Å². The molecule has 1 rings (SSSR count). The Morgan fingerprint density at radius 1 is 1.57 bits per heavy atom. The summed E-state index contributed by atoms with van der Waals surface area (Å²) in [6.07, 6.45) is 0.535. The van der Waals surface area contributed by atoms with Crippen molar-refractivity contribution < 1.29 is 14.6 Å². The Balaban J connectivity index is 2.76. The van der Waals surface area contributed by atoms with Gasteiger partial charge in [0.15, 0.2) is 0 Å². The Hall–Kier alpha value is -1.58. The number of aliphatic carboxylic acids is 1. The van der Waals surface area contributed by atoms with Crippen LogP contribution < -0.4 is 4.74 Å². The summed E-state index contributed by atoms with van der Waals surface area (Å²) in [6.45, 7) is 1.85. The lowest BCUT2D eigenvalue weighted by molar-refractivity contribution is -0.136. The van der Waals surface area contributed by atoms with Gasteiger partial charge in [0.2, 0.25) is 0 Å². The number of aromatic nitrogens is 1. The van der Waals surface area contributed by atoms with Crippen LogP contribution in [0.4, 0.5) is 0 Å². The number of nitrogens with zero attached hydrogens (tertiary/aromatic N) is 1. The van der Waals surface area contributed by atoms with Crippen LogP contribution in [0.1, 0.15) is 17.8 Å². The average molecular weight is 195 g/mol. The smallest absolute Gasteiger partial charge is 0.303 e. The zero-order valence-electron chi connectivity index (χ0n) is 8.28. The van der Waals surface area contributed by atoms with Crippen molar-refractivity contribution in [3.63, 3.8) is 0 Å². The topological polar surface area (TPSA) is 59.4 Å². The Kier molecular flexibility index (Phi) is 3.45. The average Bonchev–Trinajstić information content (AvgIpc) is 2.14. The highest BCUT2D eigenvalue weighted by Gasteiger charge is 2.03. The molecule has 0 aromatic carbocycles. The minimum atomic E-state index is -0.813. The number of carboxylic acid groups (broad SMARTS) is 1. The van der Waals surface area contributed by atoms with Crippen LogP contribution in [0.25, 0.3) is 0 Å². The predicted octanol–water partition coefficient (Wildman–Crippen LogP) is 1.42. The fraction of sp³-hybridized carbons (Fsp3) is 0.400. The van der Waals surface area contributed by atoms with Crippen LogP contribution in [0.3, 0.4) is 0 Å². The molecule has 4 nitrogen and oxygen atoms in total. The van der Waals surface area contributed by atoms with Crippen LogP contribution in [0.15, 0.2) is 12.1 Å². The quantitative estimate of drug-likeness (QED) is 0.789. The van der Waals surface area contributed by atoms with Crippen LogP contribution in [-0.4, -0.2) is 23.2 Å². The van der Waals surface area contributed by atoms with Gasteiger partial charge in [0.25, 0.3) is 0 Å². The van der Waals surface area contributed by atoms with Gasteiger partial charge in [-0.25, -0.2) is 0 Å². The maximum absolute atomic E-state index is 10.4. The van der Waals surface area contributed by atoms with Gasteiger partial charge < -0.3 is 9.84 Å². The largest absolute Gasteiger partial charge is 0.497 e. The molecule has 14 heavy (non-hydrogen) atoms. The molecule has 0 bridgehead atoms. The summed E-state index contributed by atoms with van der Waals surface area (Å²) < 4.78 is 5.06. The first-order chi connectivity index (χ1) is 6.61. The van der Waals surface area contributed by atoms with Crippen molar-refractivity contribution in [1.82, 2.24) is 4.98 Å². The summed E-state index contributed by atoms with van der Waals surface area (Å²) in [4.78, 5) is 14.6. The Morgan fingerprint density at radius 2 is 2.29 bits per heavy atom. The number of hydrogen-bond acceptors (Lipinski definition) is 3. The number of methoxy groups -OCH3 is 1. The fourth-order valence-corrected chi connectivity index (χ4v) is 1.18. The van der Waals surface area contributed by atoms with Gasteiger partial charge in [-0.05, 0) is 6.92 Å². The molecule has 0 unspecified atom stereocenters. The lowest BCUT2D eigenvalue weighted by atomic mass is 10.2. The summed E-state index contributed by atoms with van der Waals surface area (Å²) in [7, 11) is 1.58. The van der Waals surface area contributed by atoms with Crippen LogP contribution in [0.5, 0.6) is 5.75 Å². The first-order valence-corrected chi connectivity index (χ1v) is 4.35. The molecule has 1 aromatic heterocycles. The van der Waals surface area contributed by atoms with Crippen molar-refractivity contribution in [2.24, 2.45) is 0 Å². The van der Waals surface area contributed by atoms with Crippen LogP contribution in [0.2, 0.25) is 0 Å². The molecule has 0 spiro atoms. The van der Waals surface area contributed by atoms with Gasteiger partial charge >= 0.3 is 5.97 Å². The van der Waals surface area contributed by atoms with Crippen LogP contribution in [-0.2, 0) is 11.2 Å². The molecule has 0 saturated carbocycles. The van der Waals surface area contributed by atoms with Gasteiger partial charge in [0, 0.05) is 29.9 Å². The lowest BCUT2D eigenvalue weighted by Gasteiger charge is -2.04. The number of rotatable bonds is 4. The van der Waals surface area contributed by atoms with Gasteiger partial charge in [-0.3, -0.25) is 9.78 Å². The minimum absolute atomic E-state index is 0.0968. The highest BCUT2D eigenvalue weighted by Crippen LogP contribution is 2.14. The zero-order valence-corrected chi connectivity index (χ0v) is 8.28. The van der Waals surface area contributed by atoms with E-state index in [1.165, 1.54) is 0 Å². The number of aryl methyl sites for hydroxylation is 2. The minimum Gasteiger partial charge on any atom is -0.497 e. The molecule has 1 aromatic rings. The molecule has 76 valence electrons. The van der Waals surface area contributed by atoms with Gasteiger partial charge in [-0.1, -0.05) is 0 Å². The molecule has 4 heteroatoms. The molecule has 1 N–H and O–H groups in total. The Morgan fingerprint density at radius 3 is 2.86 bits per heavy atom. The SMILES string of the molecule is COc1cc(C)nc(CCC(=O)O)c1. The number of pyridine rings is 1. The third-order valence-corrected chi connectivity index (χ3v) is 1.81. The standard InChI is InChI=1S/C10H13NO3/c1-7-5-9(14-2)6-8(11-7)3-4-10(12)13/h5-6H,3-4H2,1-2H3,(H,12,13). The Labute approximate surface area is 82.5 Å². The second-order valence-electron chi connectivity index (χ2n) is 3.03. The van der Waals surface area contributed by atoms with Gasteiger partial charge in [0.05, 0.1) is 13.5 Å². The van der Waals surface area contributed by atoms with Crippen molar-refractivity contribution in [2.45, 2.75) is 19.8 Å². The number of ether oxygens (including phenoxy) is 1. The summed E-state index contributed by atoms with van der Waals surface area (Å²) in [5.41, 5.74) is 1.59. The molecular weight excluding hydrogens is 182 g/mol. The van der Waals surface area contributed by atoms with Crippen molar-refractivity contribution in [3.8, 4) is 5.75 Å². The fourth-order valence-electron chi connectivity index (χ4n) is 1.18. The van der Waals surface area contributed by atoms with E-state index >= 15 is 0 Å². The Bertz CT molecular complexity index is 336. The first-order valence-electron chi connectivity index (χ1n) is 4.35. The summed E-state index contributed by atoms with van der Waals surface area (Å²) >= 11 is 0. The zero-order chi connectivity index (χ0) is 10.6. The third kappa shape index (κ3) is 3.05. The van der Waals surface area contributed by atoms with E-state index < -0.39 is 5.97 Å².